The van der Waals surface area contributed by atoms with Crippen molar-refractivity contribution in [2.75, 3.05) is 39.3 Å². The lowest BCUT2D eigenvalue weighted by Gasteiger charge is -2.28. The lowest BCUT2D eigenvalue weighted by atomic mass is 9.98. The first-order valence-electron chi connectivity index (χ1n) is 8.55. The van der Waals surface area contributed by atoms with Gasteiger partial charge in [0.1, 0.15) is 5.75 Å². The van der Waals surface area contributed by atoms with E-state index in [2.05, 4.69) is 22.3 Å². The summed E-state index contributed by atoms with van der Waals surface area (Å²) in [5.41, 5.74) is 0.999. The van der Waals surface area contributed by atoms with Crippen LogP contribution in [-0.4, -0.2) is 49.3 Å². The average molecular weight is 314 g/mol. The molecule has 124 valence electrons. The van der Waals surface area contributed by atoms with Gasteiger partial charge in [-0.15, -0.1) is 0 Å². The smallest absolute Gasteiger partial charge is 0.127 e. The van der Waals surface area contributed by atoms with Gasteiger partial charge in [0, 0.05) is 38.1 Å². The summed E-state index contributed by atoms with van der Waals surface area (Å²) in [5.74, 6) is 0.890. The summed E-state index contributed by atoms with van der Waals surface area (Å²) in [6, 6.07) is 12.2. The van der Waals surface area contributed by atoms with E-state index in [-0.39, 0.29) is 0 Å². The molecule has 0 aliphatic carbocycles. The third-order valence-corrected chi connectivity index (χ3v) is 4.51. The number of aliphatic hydroxyl groups excluding tert-OH is 1. The zero-order valence-corrected chi connectivity index (χ0v) is 13.8. The number of nitrogens with zero attached hydrogens (tertiary/aromatic N) is 1. The molecule has 0 amide bonds. The van der Waals surface area contributed by atoms with Crippen LogP contribution in [-0.2, 0) is 0 Å². The summed E-state index contributed by atoms with van der Waals surface area (Å²) < 4.78 is 5.71. The zero-order chi connectivity index (χ0) is 16.1. The monoisotopic (exact) mass is 314 g/mol. The Kier molecular flexibility index (Phi) is 5.49. The van der Waals surface area contributed by atoms with Gasteiger partial charge in [-0.25, -0.2) is 0 Å². The molecule has 2 aromatic rings. The van der Waals surface area contributed by atoms with E-state index in [0.29, 0.717) is 6.61 Å². The molecule has 1 unspecified atom stereocenters. The summed E-state index contributed by atoms with van der Waals surface area (Å²) in [6.45, 7) is 7.79. The molecule has 1 saturated heterocycles. The van der Waals surface area contributed by atoms with E-state index in [1.165, 1.54) is 0 Å². The van der Waals surface area contributed by atoms with Crippen LogP contribution in [0.15, 0.2) is 36.4 Å². The fourth-order valence-electron chi connectivity index (χ4n) is 3.26. The van der Waals surface area contributed by atoms with Gasteiger partial charge in [0.25, 0.3) is 0 Å². The molecule has 0 bridgehead atoms. The van der Waals surface area contributed by atoms with Crippen molar-refractivity contribution in [3.8, 4) is 5.75 Å². The number of benzene rings is 2. The van der Waals surface area contributed by atoms with Crippen molar-refractivity contribution in [1.29, 1.82) is 0 Å². The van der Waals surface area contributed by atoms with Gasteiger partial charge in [-0.1, -0.05) is 30.3 Å². The Hall–Kier alpha value is -1.62. The Labute approximate surface area is 138 Å². The van der Waals surface area contributed by atoms with Gasteiger partial charge >= 0.3 is 0 Å². The van der Waals surface area contributed by atoms with Gasteiger partial charge in [-0.2, -0.15) is 0 Å². The van der Waals surface area contributed by atoms with Gasteiger partial charge < -0.3 is 20.1 Å². The highest BCUT2D eigenvalue weighted by Crippen LogP contribution is 2.32. The Morgan fingerprint density at radius 1 is 1.13 bits per heavy atom. The molecular weight excluding hydrogens is 288 g/mol. The molecule has 0 radical (unpaired) electrons. The lowest BCUT2D eigenvalue weighted by Crippen LogP contribution is -2.44. The van der Waals surface area contributed by atoms with Gasteiger partial charge in [-0.3, -0.25) is 0 Å². The minimum atomic E-state index is -0.439. The van der Waals surface area contributed by atoms with Crippen LogP contribution in [0.4, 0.5) is 0 Å². The molecule has 23 heavy (non-hydrogen) atoms. The standard InChI is InChI=1S/C19H26N2O2/c1-2-23-19-8-7-16(15-5-3-4-6-17(15)19)18(22)9-12-21-13-10-20-11-14-21/h3-8,18,20,22H,2,9-14H2,1H3. The third-order valence-electron chi connectivity index (χ3n) is 4.51. The third kappa shape index (κ3) is 3.83. The molecule has 2 aromatic carbocycles. The van der Waals surface area contributed by atoms with E-state index in [4.69, 9.17) is 4.74 Å². The van der Waals surface area contributed by atoms with Crippen LogP contribution in [0.25, 0.3) is 10.8 Å². The highest BCUT2D eigenvalue weighted by Gasteiger charge is 2.16. The van der Waals surface area contributed by atoms with Crippen molar-refractivity contribution >= 4 is 10.8 Å². The van der Waals surface area contributed by atoms with Crippen LogP contribution in [0.1, 0.15) is 25.0 Å². The number of rotatable bonds is 6. The van der Waals surface area contributed by atoms with E-state index in [0.717, 1.165) is 61.2 Å². The van der Waals surface area contributed by atoms with Crippen LogP contribution in [0.2, 0.25) is 0 Å². The first-order chi connectivity index (χ1) is 11.3. The summed E-state index contributed by atoms with van der Waals surface area (Å²) in [7, 11) is 0. The molecule has 4 heteroatoms. The van der Waals surface area contributed by atoms with Crippen LogP contribution in [0.5, 0.6) is 5.75 Å². The first-order valence-corrected chi connectivity index (χ1v) is 8.55. The Morgan fingerprint density at radius 2 is 1.87 bits per heavy atom. The molecule has 4 nitrogen and oxygen atoms in total. The largest absolute Gasteiger partial charge is 0.493 e. The maximum absolute atomic E-state index is 10.7. The quantitative estimate of drug-likeness (QED) is 0.860. The lowest BCUT2D eigenvalue weighted by molar-refractivity contribution is 0.138. The van der Waals surface area contributed by atoms with E-state index in [9.17, 15) is 5.11 Å². The van der Waals surface area contributed by atoms with Crippen molar-refractivity contribution in [2.45, 2.75) is 19.4 Å². The molecule has 3 rings (SSSR count). The molecule has 2 N–H and O–H groups in total. The number of piperazine rings is 1. The molecule has 0 spiro atoms. The number of ether oxygens (including phenoxy) is 1. The summed E-state index contributed by atoms with van der Waals surface area (Å²) in [5, 5.41) is 16.2. The first kappa shape index (κ1) is 16.2. The molecule has 1 atom stereocenters. The highest BCUT2D eigenvalue weighted by atomic mass is 16.5. The number of fused-ring (bicyclic) bond motifs is 1. The topological polar surface area (TPSA) is 44.7 Å². The van der Waals surface area contributed by atoms with E-state index < -0.39 is 6.10 Å². The molecule has 1 aliphatic rings. The van der Waals surface area contributed by atoms with E-state index in [1.807, 2.05) is 31.2 Å². The normalized spacial score (nSPS) is 17.3. The second-order valence-electron chi connectivity index (χ2n) is 6.03. The van der Waals surface area contributed by atoms with Crippen LogP contribution >= 0.6 is 0 Å². The predicted molar refractivity (Wildman–Crippen MR) is 94.0 cm³/mol. The van der Waals surface area contributed by atoms with Gasteiger partial charge in [0.15, 0.2) is 0 Å². The minimum Gasteiger partial charge on any atom is -0.493 e. The maximum Gasteiger partial charge on any atom is 0.127 e. The fourth-order valence-corrected chi connectivity index (χ4v) is 3.26. The van der Waals surface area contributed by atoms with Crippen molar-refractivity contribution in [2.24, 2.45) is 0 Å². The maximum atomic E-state index is 10.7. The van der Waals surface area contributed by atoms with Crippen LogP contribution in [0, 0.1) is 0 Å². The van der Waals surface area contributed by atoms with Crippen molar-refractivity contribution in [3.63, 3.8) is 0 Å². The van der Waals surface area contributed by atoms with Crippen LogP contribution in [0.3, 0.4) is 0 Å². The van der Waals surface area contributed by atoms with Crippen LogP contribution < -0.4 is 10.1 Å². The molecule has 1 heterocycles. The van der Waals surface area contributed by atoms with Gasteiger partial charge in [0.05, 0.1) is 12.7 Å². The number of hydrogen-bond acceptors (Lipinski definition) is 4. The van der Waals surface area contributed by atoms with E-state index in [1.54, 1.807) is 0 Å². The van der Waals surface area contributed by atoms with E-state index >= 15 is 0 Å². The second kappa shape index (κ2) is 7.77. The van der Waals surface area contributed by atoms with Gasteiger partial charge in [0.2, 0.25) is 0 Å². The fraction of sp³-hybridized carbons (Fsp3) is 0.474. The van der Waals surface area contributed by atoms with Crippen molar-refractivity contribution in [1.82, 2.24) is 10.2 Å². The average Bonchev–Trinajstić information content (AvgIpc) is 2.61. The Balaban J connectivity index is 1.77. The number of nitrogens with one attached hydrogen (secondary N) is 1. The number of aliphatic hydroxyl groups is 1. The molecule has 1 aliphatic heterocycles. The molecule has 0 saturated carbocycles. The van der Waals surface area contributed by atoms with Crippen molar-refractivity contribution < 1.29 is 9.84 Å². The zero-order valence-electron chi connectivity index (χ0n) is 13.8. The summed E-state index contributed by atoms with van der Waals surface area (Å²) >= 11 is 0. The highest BCUT2D eigenvalue weighted by molar-refractivity contribution is 5.91. The minimum absolute atomic E-state index is 0.439. The molecular formula is C19H26N2O2. The summed E-state index contributed by atoms with van der Waals surface area (Å²) in [4.78, 5) is 2.41. The number of hydrogen-bond donors (Lipinski definition) is 2. The SMILES string of the molecule is CCOc1ccc(C(O)CCN2CCNCC2)c2ccccc12. The molecule has 1 fully saturated rings. The summed E-state index contributed by atoms with van der Waals surface area (Å²) in [6.07, 6.45) is 0.322. The Morgan fingerprint density at radius 3 is 2.61 bits per heavy atom. The predicted octanol–water partition coefficient (Wildman–Crippen LogP) is 2.57. The Bertz CT molecular complexity index is 638. The second-order valence-corrected chi connectivity index (χ2v) is 6.03. The molecule has 0 aromatic heterocycles. The van der Waals surface area contributed by atoms with Gasteiger partial charge in [-0.05, 0) is 30.4 Å². The van der Waals surface area contributed by atoms with Crippen molar-refractivity contribution in [3.05, 3.63) is 42.0 Å².